The van der Waals surface area contributed by atoms with Gasteiger partial charge in [-0.25, -0.2) is 0 Å². The van der Waals surface area contributed by atoms with Crippen LogP contribution in [0.4, 0.5) is 0 Å². The first-order valence-electron chi connectivity index (χ1n) is 8.23. The molecule has 1 fully saturated rings. The Kier molecular flexibility index (Phi) is 5.27. The first-order chi connectivity index (χ1) is 11.6. The molecule has 6 heteroatoms. The van der Waals surface area contributed by atoms with Crippen LogP contribution in [0.25, 0.3) is 0 Å². The summed E-state index contributed by atoms with van der Waals surface area (Å²) in [5.74, 6) is 0.0129. The fourth-order valence-electron chi connectivity index (χ4n) is 2.97. The van der Waals surface area contributed by atoms with Crippen molar-refractivity contribution in [1.29, 1.82) is 0 Å². The molecule has 2 heterocycles. The van der Waals surface area contributed by atoms with Gasteiger partial charge in [-0.15, -0.1) is 0 Å². The molecule has 24 heavy (non-hydrogen) atoms. The Morgan fingerprint density at radius 2 is 2.08 bits per heavy atom. The molecule has 0 aliphatic carbocycles. The van der Waals surface area contributed by atoms with E-state index in [0.717, 1.165) is 26.3 Å². The lowest BCUT2D eigenvalue weighted by molar-refractivity contribution is 0.0161. The predicted molar refractivity (Wildman–Crippen MR) is 89.9 cm³/mol. The number of hydrogen-bond acceptors (Lipinski definition) is 5. The first-order valence-corrected chi connectivity index (χ1v) is 8.23. The Morgan fingerprint density at radius 1 is 1.29 bits per heavy atom. The Bertz CT molecular complexity index is 692. The van der Waals surface area contributed by atoms with E-state index in [2.05, 4.69) is 46.6 Å². The van der Waals surface area contributed by atoms with Crippen LogP contribution in [-0.2, 0) is 4.74 Å². The average molecular weight is 329 g/mol. The predicted octanol–water partition coefficient (Wildman–Crippen LogP) is 2.09. The Hall–Kier alpha value is -2.18. The molecule has 1 amide bonds. The molecule has 0 bridgehead atoms. The molecule has 3 rings (SSSR count). The Morgan fingerprint density at radius 3 is 2.75 bits per heavy atom. The summed E-state index contributed by atoms with van der Waals surface area (Å²) in [5.41, 5.74) is 3.11. The van der Waals surface area contributed by atoms with Crippen molar-refractivity contribution in [3.8, 4) is 0 Å². The van der Waals surface area contributed by atoms with E-state index >= 15 is 0 Å². The standard InChI is InChI=1S/C18H23N3O3/c1-13-4-3-5-15(10-13)16(21-6-8-23-9-7-21)12-19-18(22)17-11-14(2)20-24-17/h3-5,10-11,16H,6-9,12H2,1-2H3,(H,19,22)/t16-/m1/s1. The lowest BCUT2D eigenvalue weighted by Gasteiger charge is -2.35. The molecule has 1 aliphatic rings. The number of nitrogens with zero attached hydrogens (tertiary/aromatic N) is 2. The summed E-state index contributed by atoms with van der Waals surface area (Å²) in [4.78, 5) is 14.6. The molecule has 6 nitrogen and oxygen atoms in total. The molecular formula is C18H23N3O3. The van der Waals surface area contributed by atoms with Crippen molar-refractivity contribution in [2.45, 2.75) is 19.9 Å². The number of hydrogen-bond donors (Lipinski definition) is 1. The number of rotatable bonds is 5. The number of morpholine rings is 1. The van der Waals surface area contributed by atoms with Gasteiger partial charge in [0.05, 0.1) is 24.9 Å². The van der Waals surface area contributed by atoms with Crippen LogP contribution in [0.2, 0.25) is 0 Å². The van der Waals surface area contributed by atoms with E-state index < -0.39 is 0 Å². The number of nitrogens with one attached hydrogen (secondary N) is 1. The second-order valence-electron chi connectivity index (χ2n) is 6.12. The quantitative estimate of drug-likeness (QED) is 0.910. The Labute approximate surface area is 141 Å². The molecule has 2 aromatic rings. The number of aryl methyl sites for hydroxylation is 2. The van der Waals surface area contributed by atoms with Crippen molar-refractivity contribution in [3.05, 3.63) is 52.9 Å². The van der Waals surface area contributed by atoms with Gasteiger partial charge in [0, 0.05) is 25.7 Å². The Balaban J connectivity index is 1.73. The number of carbonyl (C=O) groups is 1. The summed E-state index contributed by atoms with van der Waals surface area (Å²) in [6, 6.07) is 10.2. The minimum atomic E-state index is -0.235. The third-order valence-electron chi connectivity index (χ3n) is 4.22. The highest BCUT2D eigenvalue weighted by Gasteiger charge is 2.24. The van der Waals surface area contributed by atoms with Crippen LogP contribution in [0.15, 0.2) is 34.9 Å². The molecule has 0 radical (unpaired) electrons. The second kappa shape index (κ2) is 7.59. The molecule has 1 saturated heterocycles. The van der Waals surface area contributed by atoms with Crippen molar-refractivity contribution in [2.75, 3.05) is 32.8 Å². The summed E-state index contributed by atoms with van der Waals surface area (Å²) >= 11 is 0. The van der Waals surface area contributed by atoms with Gasteiger partial charge in [0.2, 0.25) is 5.76 Å². The van der Waals surface area contributed by atoms with Crippen LogP contribution < -0.4 is 5.32 Å². The molecule has 0 saturated carbocycles. The zero-order valence-corrected chi connectivity index (χ0v) is 14.1. The van der Waals surface area contributed by atoms with Crippen LogP contribution in [-0.4, -0.2) is 48.8 Å². The van der Waals surface area contributed by atoms with E-state index in [4.69, 9.17) is 9.26 Å². The number of ether oxygens (including phenoxy) is 1. The smallest absolute Gasteiger partial charge is 0.289 e. The fourth-order valence-corrected chi connectivity index (χ4v) is 2.97. The molecule has 128 valence electrons. The zero-order valence-electron chi connectivity index (χ0n) is 14.1. The van der Waals surface area contributed by atoms with Gasteiger partial charge in [-0.1, -0.05) is 35.0 Å². The van der Waals surface area contributed by atoms with Crippen molar-refractivity contribution >= 4 is 5.91 Å². The number of benzene rings is 1. The lowest BCUT2D eigenvalue weighted by Crippen LogP contribution is -2.43. The topological polar surface area (TPSA) is 67.6 Å². The van der Waals surface area contributed by atoms with Gasteiger partial charge in [-0.3, -0.25) is 9.69 Å². The van der Waals surface area contributed by atoms with Crippen LogP contribution in [0.5, 0.6) is 0 Å². The molecule has 1 aromatic carbocycles. The van der Waals surface area contributed by atoms with E-state index in [-0.39, 0.29) is 17.7 Å². The SMILES string of the molecule is Cc1cccc([C@@H](CNC(=O)c2cc(C)no2)N2CCOCC2)c1. The lowest BCUT2D eigenvalue weighted by atomic mass is 10.0. The van der Waals surface area contributed by atoms with E-state index in [1.807, 2.05) is 0 Å². The largest absolute Gasteiger partial charge is 0.379 e. The van der Waals surface area contributed by atoms with Crippen molar-refractivity contribution in [1.82, 2.24) is 15.4 Å². The van der Waals surface area contributed by atoms with Gasteiger partial charge in [0.1, 0.15) is 0 Å². The van der Waals surface area contributed by atoms with Crippen LogP contribution in [0, 0.1) is 13.8 Å². The highest BCUT2D eigenvalue weighted by molar-refractivity contribution is 5.91. The van der Waals surface area contributed by atoms with E-state index in [0.29, 0.717) is 12.2 Å². The highest BCUT2D eigenvalue weighted by atomic mass is 16.5. The third kappa shape index (κ3) is 4.01. The molecule has 0 spiro atoms. The molecule has 0 unspecified atom stereocenters. The van der Waals surface area contributed by atoms with Gasteiger partial charge in [-0.05, 0) is 19.4 Å². The van der Waals surface area contributed by atoms with Gasteiger partial charge in [-0.2, -0.15) is 0 Å². The van der Waals surface area contributed by atoms with E-state index in [1.165, 1.54) is 11.1 Å². The highest BCUT2D eigenvalue weighted by Crippen LogP contribution is 2.22. The first kappa shape index (κ1) is 16.7. The minimum Gasteiger partial charge on any atom is -0.379 e. The molecule has 1 aromatic heterocycles. The third-order valence-corrected chi connectivity index (χ3v) is 4.22. The maximum atomic E-state index is 12.3. The van der Waals surface area contributed by atoms with E-state index in [9.17, 15) is 4.79 Å². The second-order valence-corrected chi connectivity index (χ2v) is 6.12. The summed E-state index contributed by atoms with van der Waals surface area (Å²) in [6.45, 7) is 7.54. The van der Waals surface area contributed by atoms with Crippen LogP contribution in [0.3, 0.4) is 0 Å². The van der Waals surface area contributed by atoms with Gasteiger partial charge < -0.3 is 14.6 Å². The summed E-state index contributed by atoms with van der Waals surface area (Å²) in [5, 5.41) is 6.73. The maximum Gasteiger partial charge on any atom is 0.289 e. The minimum absolute atomic E-state index is 0.113. The van der Waals surface area contributed by atoms with E-state index in [1.54, 1.807) is 13.0 Å². The number of carbonyl (C=O) groups excluding carboxylic acids is 1. The fraction of sp³-hybridized carbons (Fsp3) is 0.444. The number of aromatic nitrogens is 1. The van der Waals surface area contributed by atoms with Crippen molar-refractivity contribution in [3.63, 3.8) is 0 Å². The van der Waals surface area contributed by atoms with Gasteiger partial charge in [0.15, 0.2) is 0 Å². The monoisotopic (exact) mass is 329 g/mol. The average Bonchev–Trinajstić information content (AvgIpc) is 3.02. The van der Waals surface area contributed by atoms with Gasteiger partial charge in [0.25, 0.3) is 5.91 Å². The van der Waals surface area contributed by atoms with Gasteiger partial charge >= 0.3 is 0 Å². The van der Waals surface area contributed by atoms with Crippen LogP contribution >= 0.6 is 0 Å². The number of amides is 1. The normalized spacial score (nSPS) is 16.8. The van der Waals surface area contributed by atoms with Crippen molar-refractivity contribution < 1.29 is 14.1 Å². The summed E-state index contributed by atoms with van der Waals surface area (Å²) in [7, 11) is 0. The summed E-state index contributed by atoms with van der Waals surface area (Å²) in [6.07, 6.45) is 0. The van der Waals surface area contributed by atoms with Crippen LogP contribution in [0.1, 0.15) is 33.4 Å². The maximum absolute atomic E-state index is 12.3. The summed E-state index contributed by atoms with van der Waals surface area (Å²) < 4.78 is 10.5. The molecule has 1 atom stereocenters. The molecular weight excluding hydrogens is 306 g/mol. The zero-order chi connectivity index (χ0) is 16.9. The molecule has 1 aliphatic heterocycles. The molecule has 1 N–H and O–H groups in total. The van der Waals surface area contributed by atoms with Crippen molar-refractivity contribution in [2.24, 2.45) is 0 Å².